The van der Waals surface area contributed by atoms with Crippen molar-refractivity contribution in [3.63, 3.8) is 0 Å². The van der Waals surface area contributed by atoms with E-state index >= 15 is 0 Å². The highest BCUT2D eigenvalue weighted by Gasteiger charge is 2.27. The van der Waals surface area contributed by atoms with E-state index in [0.717, 1.165) is 6.42 Å². The highest BCUT2D eigenvalue weighted by atomic mass is 16.3. The van der Waals surface area contributed by atoms with E-state index in [1.807, 2.05) is 4.90 Å². The maximum atomic E-state index is 12.2. The van der Waals surface area contributed by atoms with Gasteiger partial charge in [0.2, 0.25) is 5.91 Å². The van der Waals surface area contributed by atoms with Crippen LogP contribution in [0.3, 0.4) is 0 Å². The molecule has 1 saturated carbocycles. The molecule has 2 aliphatic rings. The summed E-state index contributed by atoms with van der Waals surface area (Å²) in [7, 11) is 0. The van der Waals surface area contributed by atoms with E-state index in [9.17, 15) is 9.90 Å². The number of likely N-dealkylation sites (tertiary alicyclic amines) is 1. The second kappa shape index (κ2) is 6.53. The molecule has 0 radical (unpaired) electrons. The van der Waals surface area contributed by atoms with Crippen LogP contribution in [-0.2, 0) is 4.79 Å². The molecular weight excluding hydrogens is 228 g/mol. The lowest BCUT2D eigenvalue weighted by Crippen LogP contribution is -2.48. The van der Waals surface area contributed by atoms with Gasteiger partial charge in [-0.05, 0) is 25.2 Å². The van der Waals surface area contributed by atoms with Crippen molar-refractivity contribution in [2.24, 2.45) is 11.7 Å². The highest BCUT2D eigenvalue weighted by molar-refractivity contribution is 5.81. The van der Waals surface area contributed by atoms with Crippen LogP contribution in [0.15, 0.2) is 0 Å². The summed E-state index contributed by atoms with van der Waals surface area (Å²) in [4.78, 5) is 14.0. The summed E-state index contributed by atoms with van der Waals surface area (Å²) >= 11 is 0. The van der Waals surface area contributed by atoms with E-state index in [0.29, 0.717) is 31.8 Å². The van der Waals surface area contributed by atoms with Crippen molar-refractivity contribution in [3.05, 3.63) is 0 Å². The molecule has 3 N–H and O–H groups in total. The Balaban J connectivity index is 1.77. The summed E-state index contributed by atoms with van der Waals surface area (Å²) in [6.45, 7) is 1.33. The fourth-order valence-electron chi connectivity index (χ4n) is 3.20. The monoisotopic (exact) mass is 254 g/mol. The third kappa shape index (κ3) is 3.69. The summed E-state index contributed by atoms with van der Waals surface area (Å²) in [6.07, 6.45) is 8.40. The van der Waals surface area contributed by atoms with Gasteiger partial charge in [-0.2, -0.15) is 0 Å². The van der Waals surface area contributed by atoms with Gasteiger partial charge < -0.3 is 15.7 Å². The molecule has 1 aliphatic carbocycles. The molecule has 1 unspecified atom stereocenters. The Bertz CT molecular complexity index is 269. The fourth-order valence-corrected chi connectivity index (χ4v) is 3.20. The van der Waals surface area contributed by atoms with Gasteiger partial charge in [0.1, 0.15) is 0 Å². The number of rotatable bonds is 3. The van der Waals surface area contributed by atoms with E-state index in [2.05, 4.69) is 0 Å². The molecule has 1 aliphatic heterocycles. The van der Waals surface area contributed by atoms with Gasteiger partial charge in [0.05, 0.1) is 12.1 Å². The zero-order valence-electron chi connectivity index (χ0n) is 11.2. The zero-order valence-corrected chi connectivity index (χ0v) is 11.2. The first-order chi connectivity index (χ1) is 8.66. The molecule has 0 aromatic heterocycles. The Morgan fingerprint density at radius 2 is 1.78 bits per heavy atom. The molecule has 18 heavy (non-hydrogen) atoms. The Labute approximate surface area is 110 Å². The van der Waals surface area contributed by atoms with Crippen LogP contribution >= 0.6 is 0 Å². The smallest absolute Gasteiger partial charge is 0.239 e. The minimum atomic E-state index is -0.330. The molecule has 1 heterocycles. The zero-order chi connectivity index (χ0) is 13.0. The van der Waals surface area contributed by atoms with Crippen molar-refractivity contribution >= 4 is 5.91 Å². The summed E-state index contributed by atoms with van der Waals surface area (Å²) in [6, 6.07) is -0.330. The van der Waals surface area contributed by atoms with E-state index < -0.39 is 0 Å². The van der Waals surface area contributed by atoms with E-state index in [1.54, 1.807) is 0 Å². The lowest BCUT2D eigenvalue weighted by molar-refractivity contribution is -0.135. The van der Waals surface area contributed by atoms with Crippen molar-refractivity contribution in [1.29, 1.82) is 0 Å². The fraction of sp³-hybridized carbons (Fsp3) is 0.929. The highest BCUT2D eigenvalue weighted by Crippen LogP contribution is 2.27. The number of piperidine rings is 1. The van der Waals surface area contributed by atoms with E-state index in [4.69, 9.17) is 5.73 Å². The summed E-state index contributed by atoms with van der Waals surface area (Å²) in [5.74, 6) is 0.737. The summed E-state index contributed by atoms with van der Waals surface area (Å²) in [5.41, 5.74) is 6.06. The lowest BCUT2D eigenvalue weighted by atomic mass is 9.84. The van der Waals surface area contributed by atoms with Gasteiger partial charge in [-0.1, -0.05) is 32.1 Å². The second-order valence-electron chi connectivity index (χ2n) is 5.90. The molecule has 2 rings (SSSR count). The van der Waals surface area contributed by atoms with Crippen molar-refractivity contribution in [2.75, 3.05) is 13.1 Å². The predicted octanol–water partition coefficient (Wildman–Crippen LogP) is 1.27. The maximum Gasteiger partial charge on any atom is 0.239 e. The Morgan fingerprint density at radius 3 is 2.39 bits per heavy atom. The van der Waals surface area contributed by atoms with Gasteiger partial charge in [0.15, 0.2) is 0 Å². The molecule has 104 valence electrons. The molecule has 1 saturated heterocycles. The number of aliphatic hydroxyl groups excluding tert-OH is 1. The number of nitrogens with two attached hydrogens (primary N) is 1. The standard InChI is InChI=1S/C14H26N2O2/c15-13(10-11-4-2-1-3-5-11)14(18)16-8-6-12(17)7-9-16/h11-13,17H,1-10,15H2. The first-order valence-corrected chi connectivity index (χ1v) is 7.39. The molecule has 2 fully saturated rings. The van der Waals surface area contributed by atoms with E-state index in [-0.39, 0.29) is 18.1 Å². The van der Waals surface area contributed by atoms with Gasteiger partial charge in [-0.25, -0.2) is 0 Å². The minimum absolute atomic E-state index is 0.0903. The van der Waals surface area contributed by atoms with Crippen LogP contribution in [0, 0.1) is 5.92 Å². The summed E-state index contributed by atoms with van der Waals surface area (Å²) in [5, 5.41) is 9.44. The Morgan fingerprint density at radius 1 is 1.17 bits per heavy atom. The second-order valence-corrected chi connectivity index (χ2v) is 5.90. The van der Waals surface area contributed by atoms with Crippen LogP contribution < -0.4 is 5.73 Å². The average molecular weight is 254 g/mol. The van der Waals surface area contributed by atoms with Crippen molar-refractivity contribution < 1.29 is 9.90 Å². The summed E-state index contributed by atoms with van der Waals surface area (Å²) < 4.78 is 0. The number of carbonyl (C=O) groups excluding carboxylic acids is 1. The van der Waals surface area contributed by atoms with Crippen LogP contribution in [-0.4, -0.2) is 41.1 Å². The Hall–Kier alpha value is -0.610. The topological polar surface area (TPSA) is 66.6 Å². The lowest BCUT2D eigenvalue weighted by Gasteiger charge is -2.32. The average Bonchev–Trinajstić information content (AvgIpc) is 2.40. The molecule has 4 heteroatoms. The largest absolute Gasteiger partial charge is 0.393 e. The first-order valence-electron chi connectivity index (χ1n) is 7.39. The van der Waals surface area contributed by atoms with Crippen LogP contribution in [0.5, 0.6) is 0 Å². The SMILES string of the molecule is NC(CC1CCCCC1)C(=O)N1CCC(O)CC1. The van der Waals surface area contributed by atoms with Crippen molar-refractivity contribution in [1.82, 2.24) is 4.90 Å². The minimum Gasteiger partial charge on any atom is -0.393 e. The number of amides is 1. The molecule has 4 nitrogen and oxygen atoms in total. The van der Waals surface area contributed by atoms with Gasteiger partial charge >= 0.3 is 0 Å². The number of aliphatic hydroxyl groups is 1. The quantitative estimate of drug-likeness (QED) is 0.797. The van der Waals surface area contributed by atoms with Crippen LogP contribution in [0.1, 0.15) is 51.4 Å². The van der Waals surface area contributed by atoms with E-state index in [1.165, 1.54) is 32.1 Å². The molecule has 1 amide bonds. The van der Waals surface area contributed by atoms with Crippen molar-refractivity contribution in [2.45, 2.75) is 63.5 Å². The molecule has 0 spiro atoms. The molecule has 0 aromatic carbocycles. The van der Waals surface area contributed by atoms with Gasteiger partial charge in [-0.3, -0.25) is 4.79 Å². The molecule has 0 bridgehead atoms. The third-order valence-electron chi connectivity index (χ3n) is 4.41. The normalized spacial score (nSPS) is 25.1. The van der Waals surface area contributed by atoms with Crippen LogP contribution in [0.2, 0.25) is 0 Å². The number of hydrogen-bond acceptors (Lipinski definition) is 3. The van der Waals surface area contributed by atoms with Crippen molar-refractivity contribution in [3.8, 4) is 0 Å². The number of nitrogens with zero attached hydrogens (tertiary/aromatic N) is 1. The molecule has 0 aromatic rings. The van der Waals surface area contributed by atoms with Crippen LogP contribution in [0.25, 0.3) is 0 Å². The predicted molar refractivity (Wildman–Crippen MR) is 71.0 cm³/mol. The molecule has 1 atom stereocenters. The number of carbonyl (C=O) groups is 1. The third-order valence-corrected chi connectivity index (χ3v) is 4.41. The van der Waals surface area contributed by atoms with Gasteiger partial charge in [0.25, 0.3) is 0 Å². The number of hydrogen-bond donors (Lipinski definition) is 2. The maximum absolute atomic E-state index is 12.2. The van der Waals surface area contributed by atoms with Gasteiger partial charge in [-0.15, -0.1) is 0 Å². The molecular formula is C14H26N2O2. The van der Waals surface area contributed by atoms with Crippen LogP contribution in [0.4, 0.5) is 0 Å². The first kappa shape index (κ1) is 13.8. The van der Waals surface area contributed by atoms with Gasteiger partial charge in [0, 0.05) is 13.1 Å². The Kier molecular flexibility index (Phi) is 5.01.